The van der Waals surface area contributed by atoms with Gasteiger partial charge in [0, 0.05) is 5.88 Å². The van der Waals surface area contributed by atoms with Gasteiger partial charge in [0.1, 0.15) is 0 Å². The molecule has 0 saturated carbocycles. The summed E-state index contributed by atoms with van der Waals surface area (Å²) in [5, 5.41) is 8.68. The summed E-state index contributed by atoms with van der Waals surface area (Å²) in [6, 6.07) is 0. The molecule has 8 heavy (non-hydrogen) atoms. The zero-order chi connectivity index (χ0) is 6.57. The van der Waals surface area contributed by atoms with Gasteiger partial charge in [0.05, 0.1) is 11.5 Å². The van der Waals surface area contributed by atoms with Gasteiger partial charge in [0.25, 0.3) is 0 Å². The molecule has 0 bridgehead atoms. The molecule has 0 fully saturated rings. The van der Waals surface area contributed by atoms with Crippen LogP contribution in [0.15, 0.2) is 0 Å². The van der Waals surface area contributed by atoms with Crippen LogP contribution >= 0.6 is 23.2 Å². The van der Waals surface area contributed by atoms with Crippen LogP contribution in [0.2, 0.25) is 0 Å². The topological polar surface area (TPSA) is 20.2 Å². The molecule has 0 radical (unpaired) electrons. The second-order valence-corrected chi connectivity index (χ2v) is 2.52. The SMILES string of the molecule is CCC(Cl)C(O)CCl. The molecule has 0 rings (SSSR count). The Labute approximate surface area is 59.6 Å². The summed E-state index contributed by atoms with van der Waals surface area (Å²) in [7, 11) is 0. The number of rotatable bonds is 3. The van der Waals surface area contributed by atoms with Crippen LogP contribution in [-0.2, 0) is 0 Å². The van der Waals surface area contributed by atoms with Gasteiger partial charge in [-0.25, -0.2) is 0 Å². The highest BCUT2D eigenvalue weighted by atomic mass is 35.5. The molecule has 0 spiro atoms. The third kappa shape index (κ3) is 2.75. The normalized spacial score (nSPS) is 18.0. The zero-order valence-corrected chi connectivity index (χ0v) is 6.28. The van der Waals surface area contributed by atoms with Crippen molar-refractivity contribution in [3.8, 4) is 0 Å². The summed E-state index contributed by atoms with van der Waals surface area (Å²) in [4.78, 5) is 0. The first-order chi connectivity index (χ1) is 3.72. The summed E-state index contributed by atoms with van der Waals surface area (Å²) in [5.74, 6) is 0.224. The molecule has 0 aliphatic carbocycles. The fourth-order valence-corrected chi connectivity index (χ4v) is 0.764. The van der Waals surface area contributed by atoms with Crippen molar-refractivity contribution in [2.24, 2.45) is 0 Å². The molecular formula is C5H10Cl2O. The smallest absolute Gasteiger partial charge is 0.0838 e. The van der Waals surface area contributed by atoms with Gasteiger partial charge in [-0.2, -0.15) is 0 Å². The molecule has 0 aliphatic rings. The van der Waals surface area contributed by atoms with Crippen LogP contribution in [0.3, 0.4) is 0 Å². The molecule has 3 heteroatoms. The lowest BCUT2D eigenvalue weighted by Crippen LogP contribution is -2.21. The van der Waals surface area contributed by atoms with Gasteiger partial charge in [-0.1, -0.05) is 6.92 Å². The minimum atomic E-state index is -0.552. The Morgan fingerprint density at radius 3 is 2.25 bits per heavy atom. The lowest BCUT2D eigenvalue weighted by Gasteiger charge is -2.10. The molecule has 0 aromatic heterocycles. The van der Waals surface area contributed by atoms with Crippen molar-refractivity contribution in [2.45, 2.75) is 24.8 Å². The van der Waals surface area contributed by atoms with E-state index in [1.807, 2.05) is 6.92 Å². The van der Waals surface area contributed by atoms with Crippen LogP contribution in [0.4, 0.5) is 0 Å². The van der Waals surface area contributed by atoms with Crippen molar-refractivity contribution in [1.82, 2.24) is 0 Å². The number of aliphatic hydroxyl groups excluding tert-OH is 1. The molecule has 0 aromatic rings. The van der Waals surface area contributed by atoms with Gasteiger partial charge < -0.3 is 5.11 Å². The van der Waals surface area contributed by atoms with E-state index in [4.69, 9.17) is 28.3 Å². The third-order valence-electron chi connectivity index (χ3n) is 0.966. The van der Waals surface area contributed by atoms with Crippen LogP contribution in [0.5, 0.6) is 0 Å². The van der Waals surface area contributed by atoms with E-state index >= 15 is 0 Å². The lowest BCUT2D eigenvalue weighted by molar-refractivity contribution is 0.190. The second kappa shape index (κ2) is 4.42. The highest BCUT2D eigenvalue weighted by Gasteiger charge is 2.11. The molecule has 2 unspecified atom stereocenters. The zero-order valence-electron chi connectivity index (χ0n) is 4.77. The van der Waals surface area contributed by atoms with Gasteiger partial charge in [-0.3, -0.25) is 0 Å². The second-order valence-electron chi connectivity index (χ2n) is 1.65. The van der Waals surface area contributed by atoms with Crippen molar-refractivity contribution in [1.29, 1.82) is 0 Å². The number of aliphatic hydroxyl groups is 1. The van der Waals surface area contributed by atoms with Crippen molar-refractivity contribution < 1.29 is 5.11 Å². The van der Waals surface area contributed by atoms with Crippen LogP contribution in [-0.4, -0.2) is 22.5 Å². The largest absolute Gasteiger partial charge is 0.390 e. The summed E-state index contributed by atoms with van der Waals surface area (Å²) in [6.07, 6.45) is 0.207. The Kier molecular flexibility index (Phi) is 4.72. The summed E-state index contributed by atoms with van der Waals surface area (Å²) < 4.78 is 0. The maximum atomic E-state index is 8.86. The molecule has 2 atom stereocenters. The molecule has 0 heterocycles. The molecule has 0 saturated heterocycles. The number of hydrogen-bond donors (Lipinski definition) is 1. The lowest BCUT2D eigenvalue weighted by atomic mass is 10.2. The number of hydrogen-bond acceptors (Lipinski definition) is 1. The Balaban J connectivity index is 3.29. The van der Waals surface area contributed by atoms with Gasteiger partial charge in [-0.15, -0.1) is 23.2 Å². The molecular weight excluding hydrogens is 147 g/mol. The highest BCUT2D eigenvalue weighted by molar-refractivity contribution is 6.23. The van der Waals surface area contributed by atoms with E-state index in [0.717, 1.165) is 6.42 Å². The van der Waals surface area contributed by atoms with E-state index in [0.29, 0.717) is 0 Å². The molecule has 0 amide bonds. The van der Waals surface area contributed by atoms with E-state index in [1.165, 1.54) is 0 Å². The van der Waals surface area contributed by atoms with Crippen LogP contribution < -0.4 is 0 Å². The van der Waals surface area contributed by atoms with Crippen molar-refractivity contribution >= 4 is 23.2 Å². The predicted molar refractivity (Wildman–Crippen MR) is 36.7 cm³/mol. The molecule has 0 aromatic carbocycles. The van der Waals surface area contributed by atoms with Gasteiger partial charge in [0.2, 0.25) is 0 Å². The Bertz CT molecular complexity index is 50.4. The third-order valence-corrected chi connectivity index (χ3v) is 1.88. The standard InChI is InChI=1S/C5H10Cl2O/c1-2-4(7)5(8)3-6/h4-5,8H,2-3H2,1H3. The Morgan fingerprint density at radius 1 is 1.62 bits per heavy atom. The fourth-order valence-electron chi connectivity index (χ4n) is 0.369. The quantitative estimate of drug-likeness (QED) is 0.617. The van der Waals surface area contributed by atoms with Crippen molar-refractivity contribution in [3.63, 3.8) is 0 Å². The molecule has 0 aliphatic heterocycles. The van der Waals surface area contributed by atoms with E-state index < -0.39 is 6.10 Å². The first kappa shape index (κ1) is 8.54. The average molecular weight is 157 g/mol. The van der Waals surface area contributed by atoms with E-state index in [-0.39, 0.29) is 11.3 Å². The van der Waals surface area contributed by atoms with Gasteiger partial charge in [-0.05, 0) is 6.42 Å². The summed E-state index contributed by atoms with van der Waals surface area (Å²) in [6.45, 7) is 1.91. The minimum absolute atomic E-state index is 0.188. The van der Waals surface area contributed by atoms with Crippen molar-refractivity contribution in [3.05, 3.63) is 0 Å². The van der Waals surface area contributed by atoms with E-state index in [1.54, 1.807) is 0 Å². The van der Waals surface area contributed by atoms with Crippen LogP contribution in [0.25, 0.3) is 0 Å². The first-order valence-corrected chi connectivity index (χ1v) is 3.57. The maximum absolute atomic E-state index is 8.86. The number of halogens is 2. The first-order valence-electron chi connectivity index (χ1n) is 2.60. The summed E-state index contributed by atoms with van der Waals surface area (Å²) in [5.41, 5.74) is 0. The number of alkyl halides is 2. The van der Waals surface area contributed by atoms with Gasteiger partial charge >= 0.3 is 0 Å². The van der Waals surface area contributed by atoms with Gasteiger partial charge in [0.15, 0.2) is 0 Å². The van der Waals surface area contributed by atoms with Crippen molar-refractivity contribution in [2.75, 3.05) is 5.88 Å². The van der Waals surface area contributed by atoms with Crippen LogP contribution in [0.1, 0.15) is 13.3 Å². The Morgan fingerprint density at radius 2 is 2.12 bits per heavy atom. The Hall–Kier alpha value is 0.540. The predicted octanol–water partition coefficient (Wildman–Crippen LogP) is 1.60. The van der Waals surface area contributed by atoms with E-state index in [9.17, 15) is 0 Å². The maximum Gasteiger partial charge on any atom is 0.0838 e. The summed E-state index contributed by atoms with van der Waals surface area (Å²) >= 11 is 10.9. The fraction of sp³-hybridized carbons (Fsp3) is 1.00. The average Bonchev–Trinajstić information content (AvgIpc) is 1.84. The monoisotopic (exact) mass is 156 g/mol. The van der Waals surface area contributed by atoms with E-state index in [2.05, 4.69) is 0 Å². The van der Waals surface area contributed by atoms with Crippen LogP contribution in [0, 0.1) is 0 Å². The minimum Gasteiger partial charge on any atom is -0.390 e. The molecule has 50 valence electrons. The highest BCUT2D eigenvalue weighted by Crippen LogP contribution is 2.07. The molecule has 1 N–H and O–H groups in total. The molecule has 1 nitrogen and oxygen atoms in total.